The summed E-state index contributed by atoms with van der Waals surface area (Å²) in [6.45, 7) is 2.15. The lowest BCUT2D eigenvalue weighted by atomic mass is 10.0. The van der Waals surface area contributed by atoms with Crippen LogP contribution >= 0.6 is 11.8 Å². The van der Waals surface area contributed by atoms with Crippen molar-refractivity contribution in [2.45, 2.75) is 29.2 Å². The molecule has 1 spiro atoms. The Morgan fingerprint density at radius 1 is 1.41 bits per heavy atom. The first-order valence-corrected chi connectivity index (χ1v) is 8.41. The molecule has 0 radical (unpaired) electrons. The molecule has 1 aromatic carbocycles. The number of rotatable bonds is 0. The molecule has 1 N–H and O–H groups in total. The average Bonchev–Trinajstić information content (AvgIpc) is 2.69. The second kappa shape index (κ2) is 3.73. The Kier molecular flexibility index (Phi) is 2.54. The van der Waals surface area contributed by atoms with Gasteiger partial charge in [0.1, 0.15) is 0 Å². The Morgan fingerprint density at radius 2 is 2.18 bits per heavy atom. The minimum absolute atomic E-state index is 0.179. The molecule has 1 saturated heterocycles. The Labute approximate surface area is 106 Å². The van der Waals surface area contributed by atoms with Crippen molar-refractivity contribution in [3.8, 4) is 0 Å². The highest BCUT2D eigenvalue weighted by molar-refractivity contribution is 8.00. The Morgan fingerprint density at radius 3 is 2.88 bits per heavy atom. The molecule has 0 amide bonds. The molecule has 0 aliphatic carbocycles. The van der Waals surface area contributed by atoms with E-state index in [1.807, 2.05) is 23.9 Å². The van der Waals surface area contributed by atoms with Crippen LogP contribution in [0.15, 0.2) is 29.2 Å². The Balaban J connectivity index is 2.18. The number of benzene rings is 1. The second-order valence-corrected chi connectivity index (χ2v) is 8.14. The molecule has 2 aliphatic heterocycles. The topological polar surface area (TPSA) is 46.2 Å². The molecule has 0 aromatic heterocycles. The molecule has 2 aliphatic rings. The van der Waals surface area contributed by atoms with Crippen LogP contribution in [-0.4, -0.2) is 26.0 Å². The summed E-state index contributed by atoms with van der Waals surface area (Å²) in [5.41, 5.74) is 0.945. The van der Waals surface area contributed by atoms with Crippen LogP contribution in [0.4, 0.5) is 0 Å². The third-order valence-corrected chi connectivity index (χ3v) is 6.91. The summed E-state index contributed by atoms with van der Waals surface area (Å²) in [5, 5.41) is 3.56. The Hall–Kier alpha value is -0.520. The van der Waals surface area contributed by atoms with E-state index in [2.05, 4.69) is 12.2 Å². The second-order valence-electron chi connectivity index (χ2n) is 4.75. The zero-order valence-corrected chi connectivity index (χ0v) is 11.3. The first-order valence-electron chi connectivity index (χ1n) is 5.77. The average molecular weight is 269 g/mol. The van der Waals surface area contributed by atoms with E-state index in [9.17, 15) is 8.42 Å². The fourth-order valence-electron chi connectivity index (χ4n) is 2.64. The van der Waals surface area contributed by atoms with Crippen LogP contribution in [0.2, 0.25) is 0 Å². The fourth-order valence-corrected chi connectivity index (χ4v) is 5.98. The van der Waals surface area contributed by atoms with Gasteiger partial charge in [-0.25, -0.2) is 8.42 Å². The minimum atomic E-state index is -3.08. The van der Waals surface area contributed by atoms with Crippen molar-refractivity contribution in [1.29, 1.82) is 0 Å². The lowest BCUT2D eigenvalue weighted by Gasteiger charge is -2.35. The highest BCUT2D eigenvalue weighted by Crippen LogP contribution is 2.48. The van der Waals surface area contributed by atoms with Crippen molar-refractivity contribution in [3.05, 3.63) is 29.8 Å². The standard InChI is InChI=1S/C12H15NO2S2/c1-9-8-16-12(13-9)6-7-17(14,15)11-5-3-2-4-10(11)12/h2-5,9,13H,6-8H2,1H3. The van der Waals surface area contributed by atoms with Crippen LogP contribution in [0.1, 0.15) is 18.9 Å². The van der Waals surface area contributed by atoms with Crippen LogP contribution in [0.25, 0.3) is 0 Å². The molecule has 17 heavy (non-hydrogen) atoms. The third-order valence-electron chi connectivity index (χ3n) is 3.44. The van der Waals surface area contributed by atoms with Gasteiger partial charge in [-0.1, -0.05) is 18.2 Å². The lowest BCUT2D eigenvalue weighted by Crippen LogP contribution is -2.43. The molecular formula is C12H15NO2S2. The quantitative estimate of drug-likeness (QED) is 0.779. The summed E-state index contributed by atoms with van der Waals surface area (Å²) >= 11 is 1.84. The SMILES string of the molecule is CC1CSC2(CCS(=O)(=O)c3ccccc32)N1. The molecule has 1 aromatic rings. The largest absolute Gasteiger partial charge is 0.296 e. The molecule has 2 heterocycles. The maximum absolute atomic E-state index is 12.1. The maximum atomic E-state index is 12.1. The van der Waals surface area contributed by atoms with E-state index in [0.29, 0.717) is 17.4 Å². The van der Waals surface area contributed by atoms with Gasteiger partial charge in [-0.2, -0.15) is 0 Å². The molecule has 0 bridgehead atoms. The van der Waals surface area contributed by atoms with Crippen LogP contribution in [-0.2, 0) is 14.7 Å². The zero-order chi connectivity index (χ0) is 12.1. The molecule has 5 heteroatoms. The number of hydrogen-bond acceptors (Lipinski definition) is 4. The van der Waals surface area contributed by atoms with E-state index >= 15 is 0 Å². The first-order chi connectivity index (χ1) is 8.04. The van der Waals surface area contributed by atoms with E-state index in [0.717, 1.165) is 11.3 Å². The third kappa shape index (κ3) is 1.72. The smallest absolute Gasteiger partial charge is 0.178 e. The fraction of sp³-hybridized carbons (Fsp3) is 0.500. The van der Waals surface area contributed by atoms with E-state index in [1.165, 1.54) is 0 Å². The number of sulfone groups is 1. The summed E-state index contributed by atoms with van der Waals surface area (Å²) in [6.07, 6.45) is 0.668. The molecule has 2 atom stereocenters. The van der Waals surface area contributed by atoms with Gasteiger partial charge in [0.2, 0.25) is 0 Å². The van der Waals surface area contributed by atoms with Crippen LogP contribution in [0.3, 0.4) is 0 Å². The van der Waals surface area contributed by atoms with Gasteiger partial charge in [0.25, 0.3) is 0 Å². The van der Waals surface area contributed by atoms with E-state index in [1.54, 1.807) is 12.1 Å². The van der Waals surface area contributed by atoms with Crippen LogP contribution < -0.4 is 5.32 Å². The van der Waals surface area contributed by atoms with Crippen LogP contribution in [0.5, 0.6) is 0 Å². The van der Waals surface area contributed by atoms with E-state index in [4.69, 9.17) is 0 Å². The number of nitrogens with one attached hydrogen (secondary N) is 1. The van der Waals surface area contributed by atoms with Crippen molar-refractivity contribution in [2.24, 2.45) is 0 Å². The summed E-state index contributed by atoms with van der Waals surface area (Å²) in [4.78, 5) is 0.335. The highest BCUT2D eigenvalue weighted by atomic mass is 32.2. The summed E-state index contributed by atoms with van der Waals surface area (Å²) in [5.74, 6) is 1.28. The minimum Gasteiger partial charge on any atom is -0.296 e. The van der Waals surface area contributed by atoms with Crippen molar-refractivity contribution in [2.75, 3.05) is 11.5 Å². The van der Waals surface area contributed by atoms with Gasteiger partial charge >= 0.3 is 0 Å². The number of hydrogen-bond donors (Lipinski definition) is 1. The summed E-state index contributed by atoms with van der Waals surface area (Å²) in [7, 11) is -3.08. The summed E-state index contributed by atoms with van der Waals surface area (Å²) in [6, 6.07) is 7.85. The van der Waals surface area contributed by atoms with Gasteiger partial charge in [0.05, 0.1) is 15.5 Å². The van der Waals surface area contributed by atoms with Crippen molar-refractivity contribution in [1.82, 2.24) is 5.32 Å². The molecule has 92 valence electrons. The lowest BCUT2D eigenvalue weighted by molar-refractivity contribution is 0.437. The first kappa shape index (κ1) is 11.6. The highest BCUT2D eigenvalue weighted by Gasteiger charge is 2.46. The monoisotopic (exact) mass is 269 g/mol. The van der Waals surface area contributed by atoms with Gasteiger partial charge in [-0.15, -0.1) is 11.8 Å². The molecule has 3 nitrogen and oxygen atoms in total. The molecular weight excluding hydrogens is 254 g/mol. The van der Waals surface area contributed by atoms with Gasteiger partial charge in [-0.3, -0.25) is 5.32 Å². The maximum Gasteiger partial charge on any atom is 0.178 e. The predicted molar refractivity (Wildman–Crippen MR) is 69.8 cm³/mol. The molecule has 3 rings (SSSR count). The van der Waals surface area contributed by atoms with Crippen molar-refractivity contribution in [3.63, 3.8) is 0 Å². The molecule has 0 saturated carbocycles. The van der Waals surface area contributed by atoms with Gasteiger partial charge in [-0.05, 0) is 19.4 Å². The summed E-state index contributed by atoms with van der Waals surface area (Å²) < 4.78 is 24.1. The van der Waals surface area contributed by atoms with E-state index < -0.39 is 9.84 Å². The molecule has 2 unspecified atom stereocenters. The van der Waals surface area contributed by atoms with Gasteiger partial charge in [0, 0.05) is 17.4 Å². The molecule has 1 fully saturated rings. The number of thioether (sulfide) groups is 1. The zero-order valence-electron chi connectivity index (χ0n) is 9.64. The predicted octanol–water partition coefficient (Wildman–Crippen LogP) is 1.74. The van der Waals surface area contributed by atoms with Gasteiger partial charge < -0.3 is 0 Å². The van der Waals surface area contributed by atoms with E-state index in [-0.39, 0.29) is 10.6 Å². The normalized spacial score (nSPS) is 34.8. The Bertz CT molecular complexity index is 555. The van der Waals surface area contributed by atoms with Crippen molar-refractivity contribution >= 4 is 21.6 Å². The van der Waals surface area contributed by atoms with Gasteiger partial charge in [0.15, 0.2) is 9.84 Å². The van der Waals surface area contributed by atoms with Crippen molar-refractivity contribution < 1.29 is 8.42 Å². The van der Waals surface area contributed by atoms with Crippen LogP contribution in [0, 0.1) is 0 Å². The number of fused-ring (bicyclic) bond motifs is 2.